The molecule has 0 unspecified atom stereocenters. The second-order valence-corrected chi connectivity index (χ2v) is 7.07. The number of nitrogens with one attached hydrogen (secondary N) is 1. The summed E-state index contributed by atoms with van der Waals surface area (Å²) in [6, 6.07) is 17.0. The van der Waals surface area contributed by atoms with Crippen molar-refractivity contribution < 1.29 is 9.59 Å². The Morgan fingerprint density at radius 1 is 1.14 bits per heavy atom. The van der Waals surface area contributed by atoms with E-state index < -0.39 is 11.8 Å². The third-order valence-corrected chi connectivity index (χ3v) is 5.04. The van der Waals surface area contributed by atoms with E-state index in [1.54, 1.807) is 29.0 Å². The van der Waals surface area contributed by atoms with Crippen molar-refractivity contribution in [3.8, 4) is 6.07 Å². The molecule has 0 bridgehead atoms. The van der Waals surface area contributed by atoms with Crippen molar-refractivity contribution in [3.05, 3.63) is 71.4 Å². The van der Waals surface area contributed by atoms with Gasteiger partial charge in [0.15, 0.2) is 5.11 Å². The van der Waals surface area contributed by atoms with Crippen LogP contribution in [0, 0.1) is 18.3 Å². The highest BCUT2D eigenvalue weighted by atomic mass is 32.1. The minimum atomic E-state index is -0.541. The molecular formula is C22H16N4O2S. The van der Waals surface area contributed by atoms with Gasteiger partial charge in [0, 0.05) is 22.7 Å². The molecule has 3 aromatic rings. The molecule has 2 aromatic carbocycles. The smallest absolute Gasteiger partial charge is 0.270 e. The van der Waals surface area contributed by atoms with Crippen molar-refractivity contribution in [1.29, 1.82) is 5.26 Å². The van der Waals surface area contributed by atoms with E-state index in [0.29, 0.717) is 11.3 Å². The van der Waals surface area contributed by atoms with E-state index in [9.17, 15) is 9.59 Å². The fraction of sp³-hybridized carbons (Fsp3) is 0.0909. The predicted octanol–water partition coefficient (Wildman–Crippen LogP) is 3.30. The number of hydrogen-bond acceptors (Lipinski definition) is 4. The van der Waals surface area contributed by atoms with Crippen LogP contribution in [0.2, 0.25) is 0 Å². The molecule has 0 spiro atoms. The van der Waals surface area contributed by atoms with E-state index in [-0.39, 0.29) is 17.2 Å². The molecule has 1 aliphatic rings. The number of aryl methyl sites for hydroxylation is 1. The lowest BCUT2D eigenvalue weighted by molar-refractivity contribution is -0.122. The molecule has 1 aromatic heterocycles. The minimum absolute atomic E-state index is 0.0148. The molecule has 2 amide bonds. The molecule has 29 heavy (non-hydrogen) atoms. The van der Waals surface area contributed by atoms with Crippen LogP contribution in [-0.4, -0.2) is 21.5 Å². The van der Waals surface area contributed by atoms with Gasteiger partial charge in [-0.3, -0.25) is 19.8 Å². The molecular weight excluding hydrogens is 384 g/mol. The first-order valence-corrected chi connectivity index (χ1v) is 9.33. The Balaban J connectivity index is 1.81. The fourth-order valence-corrected chi connectivity index (χ4v) is 3.62. The number of hydrogen-bond donors (Lipinski definition) is 1. The Morgan fingerprint density at radius 2 is 1.86 bits per heavy atom. The summed E-state index contributed by atoms with van der Waals surface area (Å²) in [6.45, 7) is 2.12. The van der Waals surface area contributed by atoms with Crippen LogP contribution in [0.3, 0.4) is 0 Å². The van der Waals surface area contributed by atoms with Crippen molar-refractivity contribution in [2.75, 3.05) is 4.90 Å². The molecule has 6 nitrogen and oxygen atoms in total. The van der Waals surface area contributed by atoms with Gasteiger partial charge in [0.1, 0.15) is 12.1 Å². The first kappa shape index (κ1) is 18.6. The number of fused-ring (bicyclic) bond motifs is 1. The van der Waals surface area contributed by atoms with Crippen LogP contribution in [0.5, 0.6) is 0 Å². The Labute approximate surface area is 172 Å². The maximum absolute atomic E-state index is 13.2. The molecule has 1 N–H and O–H groups in total. The Morgan fingerprint density at radius 3 is 2.59 bits per heavy atom. The number of benzene rings is 2. The van der Waals surface area contributed by atoms with Crippen LogP contribution in [0.1, 0.15) is 11.1 Å². The molecule has 1 aliphatic heterocycles. The molecule has 1 fully saturated rings. The van der Waals surface area contributed by atoms with E-state index in [0.717, 1.165) is 16.5 Å². The number of thiocarbonyl (C=S) groups is 1. The van der Waals surface area contributed by atoms with Crippen LogP contribution < -0.4 is 10.2 Å². The van der Waals surface area contributed by atoms with E-state index in [4.69, 9.17) is 17.5 Å². The second-order valence-electron chi connectivity index (χ2n) is 6.68. The molecule has 0 aliphatic carbocycles. The Hall–Kier alpha value is -3.76. The number of amides is 2. The van der Waals surface area contributed by atoms with E-state index in [2.05, 4.69) is 11.4 Å². The zero-order chi connectivity index (χ0) is 20.5. The summed E-state index contributed by atoms with van der Waals surface area (Å²) < 4.78 is 1.79. The van der Waals surface area contributed by atoms with Gasteiger partial charge < -0.3 is 4.57 Å². The molecule has 0 radical (unpaired) electrons. The van der Waals surface area contributed by atoms with Gasteiger partial charge in [-0.1, -0.05) is 35.9 Å². The van der Waals surface area contributed by atoms with Crippen molar-refractivity contribution in [3.63, 3.8) is 0 Å². The van der Waals surface area contributed by atoms with Gasteiger partial charge >= 0.3 is 0 Å². The third-order valence-electron chi connectivity index (χ3n) is 4.75. The zero-order valence-electron chi connectivity index (χ0n) is 15.5. The van der Waals surface area contributed by atoms with Gasteiger partial charge in [0.05, 0.1) is 11.8 Å². The molecule has 4 rings (SSSR count). The summed E-state index contributed by atoms with van der Waals surface area (Å²) in [7, 11) is 0. The van der Waals surface area contributed by atoms with Crippen LogP contribution in [-0.2, 0) is 16.1 Å². The SMILES string of the molecule is Cc1ccc(N2C(=O)/C(=C/c3cn(CC#N)c4ccccc34)C(=O)NC2=S)cc1. The van der Waals surface area contributed by atoms with Gasteiger partial charge in [-0.2, -0.15) is 5.26 Å². The lowest BCUT2D eigenvalue weighted by atomic mass is 10.1. The number of carbonyl (C=O) groups excluding carboxylic acids is 2. The summed E-state index contributed by atoms with van der Waals surface area (Å²) in [6.07, 6.45) is 3.32. The van der Waals surface area contributed by atoms with Gasteiger partial charge in [0.25, 0.3) is 11.8 Å². The highest BCUT2D eigenvalue weighted by molar-refractivity contribution is 7.80. The normalized spacial score (nSPS) is 15.7. The van der Waals surface area contributed by atoms with Gasteiger partial charge in [-0.05, 0) is 43.4 Å². The number of aromatic nitrogens is 1. The molecule has 142 valence electrons. The number of nitriles is 1. The number of carbonyl (C=O) groups is 2. The molecule has 0 saturated carbocycles. The third kappa shape index (κ3) is 3.30. The van der Waals surface area contributed by atoms with Crippen molar-refractivity contribution in [2.45, 2.75) is 13.5 Å². The van der Waals surface area contributed by atoms with E-state index in [1.165, 1.54) is 4.90 Å². The number of nitrogens with zero attached hydrogens (tertiary/aromatic N) is 3. The van der Waals surface area contributed by atoms with Crippen LogP contribution >= 0.6 is 12.2 Å². The van der Waals surface area contributed by atoms with Gasteiger partial charge in [-0.25, -0.2) is 0 Å². The molecule has 2 heterocycles. The average molecular weight is 400 g/mol. The first-order chi connectivity index (χ1) is 14.0. The Bertz CT molecular complexity index is 1230. The summed E-state index contributed by atoms with van der Waals surface area (Å²) in [5.74, 6) is -1.03. The predicted molar refractivity (Wildman–Crippen MR) is 115 cm³/mol. The van der Waals surface area contributed by atoms with E-state index >= 15 is 0 Å². The largest absolute Gasteiger partial charge is 0.333 e. The van der Waals surface area contributed by atoms with Crippen molar-refractivity contribution in [1.82, 2.24) is 9.88 Å². The monoisotopic (exact) mass is 400 g/mol. The lowest BCUT2D eigenvalue weighted by Crippen LogP contribution is -2.54. The summed E-state index contributed by atoms with van der Waals surface area (Å²) in [4.78, 5) is 27.0. The number of anilines is 1. The topological polar surface area (TPSA) is 78.1 Å². The standard InChI is InChI=1S/C22H16N4O2S/c1-14-6-8-16(9-7-14)26-21(28)18(20(27)24-22(26)29)12-15-13-25(11-10-23)19-5-3-2-4-17(15)19/h2-9,12-13H,11H2,1H3,(H,24,27,29)/b18-12+. The summed E-state index contributed by atoms with van der Waals surface area (Å²) in [5.41, 5.74) is 3.16. The lowest BCUT2D eigenvalue weighted by Gasteiger charge is -2.29. The molecule has 0 atom stereocenters. The number of para-hydroxylation sites is 1. The minimum Gasteiger partial charge on any atom is -0.333 e. The van der Waals surface area contributed by atoms with E-state index in [1.807, 2.05) is 43.3 Å². The van der Waals surface area contributed by atoms with Crippen molar-refractivity contribution >= 4 is 51.8 Å². The van der Waals surface area contributed by atoms with Gasteiger partial charge in [0.2, 0.25) is 0 Å². The quantitative estimate of drug-likeness (QED) is 0.416. The second kappa shape index (κ2) is 7.34. The maximum atomic E-state index is 13.2. The molecule has 7 heteroatoms. The fourth-order valence-electron chi connectivity index (χ4n) is 3.34. The van der Waals surface area contributed by atoms with Crippen LogP contribution in [0.25, 0.3) is 17.0 Å². The highest BCUT2D eigenvalue weighted by Gasteiger charge is 2.34. The van der Waals surface area contributed by atoms with Crippen LogP contribution in [0.4, 0.5) is 5.69 Å². The summed E-state index contributed by atoms with van der Waals surface area (Å²) >= 11 is 5.24. The maximum Gasteiger partial charge on any atom is 0.270 e. The van der Waals surface area contributed by atoms with Crippen LogP contribution in [0.15, 0.2) is 60.3 Å². The number of rotatable bonds is 3. The Kier molecular flexibility index (Phi) is 4.71. The zero-order valence-corrected chi connectivity index (χ0v) is 16.4. The van der Waals surface area contributed by atoms with Crippen molar-refractivity contribution in [2.24, 2.45) is 0 Å². The highest BCUT2D eigenvalue weighted by Crippen LogP contribution is 2.26. The average Bonchev–Trinajstić information content (AvgIpc) is 3.04. The van der Waals surface area contributed by atoms with Gasteiger partial charge in [-0.15, -0.1) is 0 Å². The first-order valence-electron chi connectivity index (χ1n) is 8.92. The summed E-state index contributed by atoms with van der Waals surface area (Å²) in [5, 5.41) is 12.6. The molecule has 1 saturated heterocycles.